The van der Waals surface area contributed by atoms with Gasteiger partial charge < -0.3 is 14.5 Å². The lowest BCUT2D eigenvalue weighted by Crippen LogP contribution is -2.36. The highest BCUT2D eigenvalue weighted by Crippen LogP contribution is 2.09. The van der Waals surface area contributed by atoms with Gasteiger partial charge in [0.15, 0.2) is 0 Å². The van der Waals surface area contributed by atoms with Crippen LogP contribution in [0, 0.1) is 5.92 Å². The molecule has 5 heteroatoms. The Balaban J connectivity index is 2.24. The van der Waals surface area contributed by atoms with Gasteiger partial charge in [-0.1, -0.05) is 6.92 Å². The van der Waals surface area contributed by atoms with Crippen molar-refractivity contribution in [2.45, 2.75) is 39.5 Å². The quantitative estimate of drug-likeness (QED) is 0.501. The molecule has 0 N–H and O–H groups in total. The van der Waals surface area contributed by atoms with E-state index in [4.69, 9.17) is 4.74 Å². The summed E-state index contributed by atoms with van der Waals surface area (Å²) in [5.74, 6) is -0.488. The Morgan fingerprint density at radius 3 is 2.45 bits per heavy atom. The molecule has 1 aliphatic rings. The zero-order valence-corrected chi connectivity index (χ0v) is 13.1. The van der Waals surface area contributed by atoms with E-state index in [1.54, 1.807) is 18.7 Å². The minimum Gasteiger partial charge on any atom is -0.469 e. The average Bonchev–Trinajstić information content (AvgIpc) is 2.93. The average molecular weight is 284 g/mol. The summed E-state index contributed by atoms with van der Waals surface area (Å²) >= 11 is 0. The van der Waals surface area contributed by atoms with E-state index in [1.165, 1.54) is 33.0 Å². The normalized spacial score (nSPS) is 16.9. The summed E-state index contributed by atoms with van der Waals surface area (Å²) in [7, 11) is 1.38. The lowest BCUT2D eigenvalue weighted by atomic mass is 10.1. The number of carbonyl (C=O) groups is 2. The molecule has 1 fully saturated rings. The first kappa shape index (κ1) is 17.0. The maximum Gasteiger partial charge on any atom is 0.310 e. The highest BCUT2D eigenvalue weighted by Gasteiger charge is 2.19. The standard InChI is InChI=1S/C15H28N2O3/c1-13(15(19)20-3)12-17(14(2)18)11-7-6-10-16-8-4-5-9-16/h13H,4-12H2,1-3H3. The molecule has 0 aromatic rings. The maximum absolute atomic E-state index is 11.6. The molecule has 1 unspecified atom stereocenters. The van der Waals surface area contributed by atoms with Crippen molar-refractivity contribution in [3.63, 3.8) is 0 Å². The van der Waals surface area contributed by atoms with Crippen molar-refractivity contribution in [1.29, 1.82) is 0 Å². The lowest BCUT2D eigenvalue weighted by Gasteiger charge is -2.24. The molecule has 1 aliphatic heterocycles. The van der Waals surface area contributed by atoms with Crippen LogP contribution in [-0.4, -0.2) is 61.5 Å². The fourth-order valence-corrected chi connectivity index (χ4v) is 2.63. The zero-order chi connectivity index (χ0) is 15.0. The number of nitrogens with zero attached hydrogens (tertiary/aromatic N) is 2. The SMILES string of the molecule is COC(=O)C(C)CN(CCCCN1CCCC1)C(C)=O. The van der Waals surface area contributed by atoms with Crippen LogP contribution in [0.1, 0.15) is 39.5 Å². The van der Waals surface area contributed by atoms with Crippen LogP contribution in [-0.2, 0) is 14.3 Å². The van der Waals surface area contributed by atoms with E-state index >= 15 is 0 Å². The van der Waals surface area contributed by atoms with Crippen molar-refractivity contribution in [1.82, 2.24) is 9.80 Å². The number of likely N-dealkylation sites (tertiary alicyclic amines) is 1. The van der Waals surface area contributed by atoms with Gasteiger partial charge in [-0.2, -0.15) is 0 Å². The highest BCUT2D eigenvalue weighted by molar-refractivity contribution is 5.76. The Hall–Kier alpha value is -1.10. The van der Waals surface area contributed by atoms with E-state index in [1.807, 2.05) is 0 Å². The van der Waals surface area contributed by atoms with E-state index in [2.05, 4.69) is 4.90 Å². The van der Waals surface area contributed by atoms with Gasteiger partial charge in [-0.3, -0.25) is 9.59 Å². The molecule has 1 heterocycles. The van der Waals surface area contributed by atoms with Crippen LogP contribution in [0.15, 0.2) is 0 Å². The number of unbranched alkanes of at least 4 members (excludes halogenated alkanes) is 1. The summed E-state index contributed by atoms with van der Waals surface area (Å²) in [4.78, 5) is 27.2. The van der Waals surface area contributed by atoms with Gasteiger partial charge in [0.2, 0.25) is 5.91 Å². The number of esters is 1. The van der Waals surface area contributed by atoms with Gasteiger partial charge in [0.05, 0.1) is 13.0 Å². The summed E-state index contributed by atoms with van der Waals surface area (Å²) in [5, 5.41) is 0. The molecule has 0 bridgehead atoms. The molecule has 20 heavy (non-hydrogen) atoms. The molecule has 116 valence electrons. The molecule has 0 aliphatic carbocycles. The van der Waals surface area contributed by atoms with E-state index in [0.29, 0.717) is 6.54 Å². The summed E-state index contributed by atoms with van der Waals surface area (Å²) in [6, 6.07) is 0. The van der Waals surface area contributed by atoms with Gasteiger partial charge in [0, 0.05) is 20.0 Å². The maximum atomic E-state index is 11.6. The Kier molecular flexibility index (Phi) is 7.59. The molecule has 1 rings (SSSR count). The van der Waals surface area contributed by atoms with Crippen molar-refractivity contribution < 1.29 is 14.3 Å². The Bertz CT molecular complexity index is 314. The molecule has 1 amide bonds. The second kappa shape index (κ2) is 8.95. The highest BCUT2D eigenvalue weighted by atomic mass is 16.5. The first-order valence-electron chi connectivity index (χ1n) is 7.60. The molecule has 1 atom stereocenters. The Morgan fingerprint density at radius 1 is 1.25 bits per heavy atom. The van der Waals surface area contributed by atoms with Crippen molar-refractivity contribution in [3.8, 4) is 0 Å². The van der Waals surface area contributed by atoms with E-state index in [-0.39, 0.29) is 17.8 Å². The molecule has 0 spiro atoms. The monoisotopic (exact) mass is 284 g/mol. The van der Waals surface area contributed by atoms with Crippen molar-refractivity contribution in [2.75, 3.05) is 39.8 Å². The molecule has 5 nitrogen and oxygen atoms in total. The third kappa shape index (κ3) is 5.90. The Labute approximate surface area is 122 Å². The predicted octanol–water partition coefficient (Wildman–Crippen LogP) is 1.52. The van der Waals surface area contributed by atoms with Crippen LogP contribution in [0.4, 0.5) is 0 Å². The van der Waals surface area contributed by atoms with Crippen molar-refractivity contribution >= 4 is 11.9 Å². The molecule has 0 radical (unpaired) electrons. The van der Waals surface area contributed by atoms with Gasteiger partial charge in [-0.25, -0.2) is 0 Å². The summed E-state index contributed by atoms with van der Waals surface area (Å²) < 4.78 is 4.70. The molecule has 0 aromatic carbocycles. The van der Waals surface area contributed by atoms with E-state index in [0.717, 1.165) is 25.9 Å². The van der Waals surface area contributed by atoms with Gasteiger partial charge in [-0.15, -0.1) is 0 Å². The summed E-state index contributed by atoms with van der Waals surface area (Å²) in [6.45, 7) is 8.09. The summed E-state index contributed by atoms with van der Waals surface area (Å²) in [6.07, 6.45) is 4.73. The molecule has 0 saturated carbocycles. The first-order valence-corrected chi connectivity index (χ1v) is 7.60. The number of hydrogen-bond donors (Lipinski definition) is 0. The molecular weight excluding hydrogens is 256 g/mol. The van der Waals surface area contributed by atoms with Crippen molar-refractivity contribution in [2.24, 2.45) is 5.92 Å². The number of amides is 1. The second-order valence-electron chi connectivity index (χ2n) is 5.65. The third-order valence-corrected chi connectivity index (χ3v) is 3.89. The van der Waals surface area contributed by atoms with Crippen LogP contribution in [0.25, 0.3) is 0 Å². The lowest BCUT2D eigenvalue weighted by molar-refractivity contribution is -0.146. The van der Waals surface area contributed by atoms with Gasteiger partial charge in [-0.05, 0) is 45.3 Å². The summed E-state index contributed by atoms with van der Waals surface area (Å²) in [5.41, 5.74) is 0. The number of carbonyl (C=O) groups excluding carboxylic acids is 2. The van der Waals surface area contributed by atoms with Crippen LogP contribution < -0.4 is 0 Å². The number of hydrogen-bond acceptors (Lipinski definition) is 4. The Morgan fingerprint density at radius 2 is 1.90 bits per heavy atom. The number of rotatable bonds is 8. The number of ether oxygens (including phenoxy) is 1. The molecule has 0 aromatic heterocycles. The van der Waals surface area contributed by atoms with E-state index < -0.39 is 0 Å². The zero-order valence-electron chi connectivity index (χ0n) is 13.1. The fraction of sp³-hybridized carbons (Fsp3) is 0.867. The minimum absolute atomic E-state index is 0.0296. The largest absolute Gasteiger partial charge is 0.469 e. The number of methoxy groups -OCH3 is 1. The van der Waals surface area contributed by atoms with Crippen LogP contribution in [0.5, 0.6) is 0 Å². The molecular formula is C15H28N2O3. The van der Waals surface area contributed by atoms with Crippen LogP contribution >= 0.6 is 0 Å². The third-order valence-electron chi connectivity index (χ3n) is 3.89. The van der Waals surface area contributed by atoms with Gasteiger partial charge in [0.1, 0.15) is 0 Å². The second-order valence-corrected chi connectivity index (χ2v) is 5.65. The van der Waals surface area contributed by atoms with Gasteiger partial charge >= 0.3 is 5.97 Å². The smallest absolute Gasteiger partial charge is 0.310 e. The fourth-order valence-electron chi connectivity index (χ4n) is 2.63. The van der Waals surface area contributed by atoms with Crippen LogP contribution in [0.2, 0.25) is 0 Å². The van der Waals surface area contributed by atoms with Gasteiger partial charge in [0.25, 0.3) is 0 Å². The molecule has 1 saturated heterocycles. The van der Waals surface area contributed by atoms with Crippen molar-refractivity contribution in [3.05, 3.63) is 0 Å². The topological polar surface area (TPSA) is 49.9 Å². The predicted molar refractivity (Wildman–Crippen MR) is 78.3 cm³/mol. The minimum atomic E-state index is -0.262. The van der Waals surface area contributed by atoms with E-state index in [9.17, 15) is 9.59 Å². The van der Waals surface area contributed by atoms with Crippen LogP contribution in [0.3, 0.4) is 0 Å². The first-order chi connectivity index (χ1) is 9.54.